The van der Waals surface area contributed by atoms with E-state index in [1.807, 2.05) is 48.5 Å². The number of alkyl halides is 2. The Morgan fingerprint density at radius 1 is 0.818 bits per heavy atom. The van der Waals surface area contributed by atoms with E-state index in [-0.39, 0.29) is 16.4 Å². The second-order valence-electron chi connectivity index (χ2n) is 8.37. The van der Waals surface area contributed by atoms with E-state index in [9.17, 15) is 19.7 Å². The van der Waals surface area contributed by atoms with Crippen LogP contribution in [0.1, 0.15) is 22.3 Å². The number of amides is 2. The van der Waals surface area contributed by atoms with Gasteiger partial charge in [-0.1, -0.05) is 92.0 Å². The molecular formula is C24H13Br2ClN2O4. The fraction of sp³-hybridized carbons (Fsp3) is 0.167. The number of benzene rings is 3. The number of hydrogen-bond donors (Lipinski definition) is 0. The van der Waals surface area contributed by atoms with Gasteiger partial charge in [-0.25, -0.2) is 4.90 Å². The standard InChI is InChI=1S/C24H13Br2ClN2O4/c25-23-13-5-1-2-6-14(13)24(26,16-8-4-3-7-15(16)23)20-19(23)21(30)28(22(20)31)18-11-12(29(32)33)9-10-17(18)27/h1-11,19-20H/t19-,20+,23?,24?. The lowest BCUT2D eigenvalue weighted by molar-refractivity contribution is -0.384. The third kappa shape index (κ3) is 2.39. The summed E-state index contributed by atoms with van der Waals surface area (Å²) in [6.45, 7) is 0. The Morgan fingerprint density at radius 2 is 1.24 bits per heavy atom. The van der Waals surface area contributed by atoms with Crippen LogP contribution in [0.4, 0.5) is 11.4 Å². The van der Waals surface area contributed by atoms with Crippen molar-refractivity contribution in [2.75, 3.05) is 4.90 Å². The molecule has 0 N–H and O–H groups in total. The Hall–Kier alpha value is -2.55. The van der Waals surface area contributed by atoms with Crippen LogP contribution in [0.2, 0.25) is 5.02 Å². The van der Waals surface area contributed by atoms with Crippen molar-refractivity contribution in [2.45, 2.75) is 8.65 Å². The number of imide groups is 1. The lowest BCUT2D eigenvalue weighted by atomic mass is 9.54. The van der Waals surface area contributed by atoms with Crippen LogP contribution in [0.15, 0.2) is 66.7 Å². The van der Waals surface area contributed by atoms with Crippen molar-refractivity contribution in [1.82, 2.24) is 0 Å². The molecule has 0 unspecified atom stereocenters. The second-order valence-corrected chi connectivity index (χ2v) is 11.3. The number of carbonyl (C=O) groups is 2. The Morgan fingerprint density at radius 3 is 1.64 bits per heavy atom. The molecule has 0 saturated carbocycles. The molecule has 3 aliphatic carbocycles. The molecule has 2 bridgehead atoms. The first-order valence-electron chi connectivity index (χ1n) is 10.1. The predicted molar refractivity (Wildman–Crippen MR) is 130 cm³/mol. The first-order valence-corrected chi connectivity index (χ1v) is 12.1. The number of rotatable bonds is 2. The van der Waals surface area contributed by atoms with E-state index >= 15 is 0 Å². The van der Waals surface area contributed by atoms with Gasteiger partial charge in [0.1, 0.15) is 0 Å². The molecule has 6 nitrogen and oxygen atoms in total. The maximum atomic E-state index is 14.0. The molecular weight excluding hydrogens is 576 g/mol. The number of hydrogen-bond acceptors (Lipinski definition) is 4. The van der Waals surface area contributed by atoms with Gasteiger partial charge in [-0.3, -0.25) is 19.7 Å². The smallest absolute Gasteiger partial charge is 0.271 e. The highest BCUT2D eigenvalue weighted by Gasteiger charge is 2.72. The highest BCUT2D eigenvalue weighted by molar-refractivity contribution is 9.10. The molecule has 1 fully saturated rings. The number of non-ortho nitro benzene ring substituents is 1. The van der Waals surface area contributed by atoms with Crippen LogP contribution in [0.3, 0.4) is 0 Å². The Labute approximate surface area is 209 Å². The van der Waals surface area contributed by atoms with Crippen molar-refractivity contribution in [3.63, 3.8) is 0 Å². The molecule has 0 aromatic heterocycles. The zero-order valence-electron chi connectivity index (χ0n) is 16.7. The van der Waals surface area contributed by atoms with Crippen LogP contribution in [0.5, 0.6) is 0 Å². The molecule has 33 heavy (non-hydrogen) atoms. The molecule has 1 heterocycles. The van der Waals surface area contributed by atoms with Gasteiger partial charge in [0.2, 0.25) is 11.8 Å². The zero-order chi connectivity index (χ0) is 23.3. The number of carbonyl (C=O) groups excluding carboxylic acids is 2. The quantitative estimate of drug-likeness (QED) is 0.168. The van der Waals surface area contributed by atoms with Crippen LogP contribution in [0, 0.1) is 22.0 Å². The topological polar surface area (TPSA) is 80.5 Å². The second kappa shape index (κ2) is 6.74. The molecule has 3 aromatic carbocycles. The van der Waals surface area contributed by atoms with Gasteiger partial charge < -0.3 is 0 Å². The average molecular weight is 589 g/mol. The van der Waals surface area contributed by atoms with E-state index in [1.54, 1.807) is 0 Å². The Kier molecular flexibility index (Phi) is 4.29. The lowest BCUT2D eigenvalue weighted by Gasteiger charge is -2.55. The van der Waals surface area contributed by atoms with Crippen molar-refractivity contribution in [3.8, 4) is 0 Å². The molecule has 164 valence electrons. The SMILES string of the molecule is O=C1[C@@H]2[C@H](C(=O)N1c1cc([N+](=O)[O-])ccc1Cl)C1(Br)c3ccccc3C2(Br)c2ccccc21. The number of halogens is 3. The Bertz CT molecular complexity index is 1300. The minimum atomic E-state index is -0.935. The third-order valence-corrected chi connectivity index (χ3v) is 9.98. The molecule has 4 aliphatic rings. The largest absolute Gasteiger partial charge is 0.274 e. The normalized spacial score (nSPS) is 29.0. The van der Waals surface area contributed by atoms with E-state index in [1.165, 1.54) is 18.2 Å². The summed E-state index contributed by atoms with van der Waals surface area (Å²) >= 11 is 14.2. The van der Waals surface area contributed by atoms with Gasteiger partial charge in [-0.2, -0.15) is 0 Å². The maximum Gasteiger partial charge on any atom is 0.271 e. The predicted octanol–water partition coefficient (Wildman–Crippen LogP) is 5.66. The summed E-state index contributed by atoms with van der Waals surface area (Å²) in [7, 11) is 0. The number of nitro groups is 1. The zero-order valence-corrected chi connectivity index (χ0v) is 20.6. The van der Waals surface area contributed by atoms with Gasteiger partial charge in [-0.15, -0.1) is 0 Å². The van der Waals surface area contributed by atoms with Crippen LogP contribution in [-0.4, -0.2) is 16.7 Å². The molecule has 0 spiro atoms. The Balaban J connectivity index is 1.64. The van der Waals surface area contributed by atoms with Crippen LogP contribution in [0.25, 0.3) is 0 Å². The van der Waals surface area contributed by atoms with Crippen molar-refractivity contribution >= 4 is 66.6 Å². The molecule has 1 aliphatic heterocycles. The molecule has 2 amide bonds. The number of nitrogens with zero attached hydrogens (tertiary/aromatic N) is 2. The molecule has 0 radical (unpaired) electrons. The summed E-state index contributed by atoms with van der Waals surface area (Å²) in [5.41, 5.74) is 3.42. The molecule has 7 rings (SSSR count). The van der Waals surface area contributed by atoms with E-state index < -0.39 is 37.2 Å². The van der Waals surface area contributed by atoms with Gasteiger partial charge in [-0.05, 0) is 28.3 Å². The lowest BCUT2D eigenvalue weighted by Crippen LogP contribution is -2.56. The van der Waals surface area contributed by atoms with Crippen molar-refractivity contribution in [3.05, 3.63) is 104 Å². The summed E-state index contributed by atoms with van der Waals surface area (Å²) < 4.78 is -1.87. The third-order valence-electron chi connectivity index (χ3n) is 6.97. The van der Waals surface area contributed by atoms with Crippen molar-refractivity contribution in [2.24, 2.45) is 11.8 Å². The maximum absolute atomic E-state index is 14.0. The summed E-state index contributed by atoms with van der Waals surface area (Å²) in [5.74, 6) is -2.44. The first kappa shape index (κ1) is 21.0. The molecule has 2 atom stereocenters. The molecule has 3 aromatic rings. The number of nitro benzene ring substituents is 1. The summed E-state index contributed by atoms with van der Waals surface area (Å²) in [5, 5.41) is 11.5. The van der Waals surface area contributed by atoms with Crippen molar-refractivity contribution < 1.29 is 14.5 Å². The molecule has 1 saturated heterocycles. The highest BCUT2D eigenvalue weighted by atomic mass is 79.9. The van der Waals surface area contributed by atoms with Gasteiger partial charge in [0.25, 0.3) is 5.69 Å². The minimum Gasteiger partial charge on any atom is -0.274 e. The van der Waals surface area contributed by atoms with Crippen molar-refractivity contribution in [1.29, 1.82) is 0 Å². The summed E-state index contributed by atoms with van der Waals surface area (Å²) in [4.78, 5) is 39.7. The van der Waals surface area contributed by atoms with Gasteiger partial charge in [0, 0.05) is 12.1 Å². The van der Waals surface area contributed by atoms with Crippen LogP contribution >= 0.6 is 43.5 Å². The van der Waals surface area contributed by atoms with E-state index in [4.69, 9.17) is 11.6 Å². The van der Waals surface area contributed by atoms with Gasteiger partial charge in [0.15, 0.2) is 0 Å². The molecule has 9 heteroatoms. The van der Waals surface area contributed by atoms with E-state index in [2.05, 4.69) is 31.9 Å². The fourth-order valence-electron chi connectivity index (χ4n) is 5.69. The summed E-state index contributed by atoms with van der Waals surface area (Å²) in [6, 6.07) is 19.3. The van der Waals surface area contributed by atoms with Crippen LogP contribution < -0.4 is 4.90 Å². The van der Waals surface area contributed by atoms with Gasteiger partial charge in [0.05, 0.1) is 36.1 Å². The van der Waals surface area contributed by atoms with Gasteiger partial charge >= 0.3 is 0 Å². The monoisotopic (exact) mass is 586 g/mol. The summed E-state index contributed by atoms with van der Waals surface area (Å²) in [6.07, 6.45) is 0. The fourth-order valence-corrected chi connectivity index (χ4v) is 8.20. The van der Waals surface area contributed by atoms with Crippen LogP contribution in [-0.2, 0) is 18.2 Å². The van der Waals surface area contributed by atoms with E-state index in [0.717, 1.165) is 27.2 Å². The average Bonchev–Trinajstić information content (AvgIpc) is 3.09. The van der Waals surface area contributed by atoms with E-state index in [0.29, 0.717) is 0 Å². The highest BCUT2D eigenvalue weighted by Crippen LogP contribution is 2.71. The number of anilines is 1. The first-order chi connectivity index (χ1) is 15.7. The minimum absolute atomic E-state index is 0.0231.